The van der Waals surface area contributed by atoms with Gasteiger partial charge in [0, 0.05) is 72.5 Å². The summed E-state index contributed by atoms with van der Waals surface area (Å²) in [7, 11) is 0. The van der Waals surface area contributed by atoms with E-state index in [2.05, 4.69) is 32.0 Å². The molecule has 5 fully saturated rings. The van der Waals surface area contributed by atoms with Crippen LogP contribution in [-0.2, 0) is 30.4 Å². The lowest BCUT2D eigenvalue weighted by Crippen LogP contribution is -2.50. The van der Waals surface area contributed by atoms with Gasteiger partial charge in [-0.05, 0) is 112 Å². The van der Waals surface area contributed by atoms with E-state index >= 15 is 4.39 Å². The molecule has 4 saturated heterocycles. The number of aliphatic hydroxyl groups excluding tert-OH is 3. The first-order valence-electron chi connectivity index (χ1n) is 32.6. The third-order valence-electron chi connectivity index (χ3n) is 18.5. The zero-order valence-corrected chi connectivity index (χ0v) is 54.8. The second kappa shape index (κ2) is 26.9. The Morgan fingerprint density at radius 1 is 0.894 bits per heavy atom. The van der Waals surface area contributed by atoms with E-state index in [1.54, 1.807) is 50.3 Å². The van der Waals surface area contributed by atoms with Crippen LogP contribution in [0.5, 0.6) is 11.8 Å². The van der Waals surface area contributed by atoms with Crippen LogP contribution in [0.1, 0.15) is 138 Å². The molecule has 4 aliphatic heterocycles. The predicted octanol–water partition coefficient (Wildman–Crippen LogP) is 9.90. The number of nitrogens with one attached hydrogen (secondary N) is 2. The summed E-state index contributed by atoms with van der Waals surface area (Å²) in [5.41, 5.74) is 9.09. The number of aromatic nitrogens is 8. The molecule has 8 aromatic rings. The predicted molar refractivity (Wildman–Crippen MR) is 350 cm³/mol. The maximum atomic E-state index is 17.0. The SMILES string of the molecule is Cc1ncsc1-c1ccc([C@H](CO)NC(=O)[C@@H]2C[C@@H](O)CN2C(=O)[C@H](C(C)C)n2cc(-c3ccc(COc4c(-c5c(C)c(F)cc6c5cnn6C5CCCCO5)c(C5CC5)cc5c(N[C@@H]6CN(C(=O)OC(C)(C)C)C[C@@H]6O)nc(OC6CCOCC6)nc45)cc3)nn2)cc1. The first-order valence-corrected chi connectivity index (χ1v) is 33.5. The molecular formula is C69H81FN12O11S. The fourth-order valence-electron chi connectivity index (χ4n) is 13.4. The fourth-order valence-corrected chi connectivity index (χ4v) is 14.2. The molecule has 4 aromatic carbocycles. The molecule has 496 valence electrons. The number of carbonyl (C=O) groups excluding carboxylic acids is 3. The van der Waals surface area contributed by atoms with Crippen molar-refractivity contribution in [2.45, 2.75) is 167 Å². The largest absolute Gasteiger partial charge is 0.486 e. The zero-order chi connectivity index (χ0) is 65.7. The quantitative estimate of drug-likeness (QED) is 0.0503. The smallest absolute Gasteiger partial charge is 0.410 e. The van der Waals surface area contributed by atoms with E-state index in [1.165, 1.54) is 31.9 Å². The maximum absolute atomic E-state index is 17.0. The van der Waals surface area contributed by atoms with Crippen LogP contribution in [0.25, 0.3) is 54.6 Å². The minimum atomic E-state index is -1.01. The van der Waals surface area contributed by atoms with Gasteiger partial charge in [0.1, 0.15) is 53.2 Å². The summed E-state index contributed by atoms with van der Waals surface area (Å²) < 4.78 is 51.8. The zero-order valence-electron chi connectivity index (χ0n) is 54.0. The molecule has 0 spiro atoms. The van der Waals surface area contributed by atoms with Gasteiger partial charge in [-0.2, -0.15) is 15.1 Å². The lowest BCUT2D eigenvalue weighted by atomic mass is 9.88. The summed E-state index contributed by atoms with van der Waals surface area (Å²) in [6.45, 7) is 14.2. The van der Waals surface area contributed by atoms with Gasteiger partial charge in [-0.1, -0.05) is 67.6 Å². The van der Waals surface area contributed by atoms with Crippen LogP contribution in [0.4, 0.5) is 15.0 Å². The summed E-state index contributed by atoms with van der Waals surface area (Å²) >= 11 is 1.53. The van der Waals surface area contributed by atoms with Gasteiger partial charge in [-0.15, -0.1) is 16.4 Å². The van der Waals surface area contributed by atoms with Gasteiger partial charge < -0.3 is 59.4 Å². The Morgan fingerprint density at radius 2 is 1.66 bits per heavy atom. The number of hydrogen-bond donors (Lipinski definition) is 5. The van der Waals surface area contributed by atoms with E-state index in [9.17, 15) is 29.7 Å². The van der Waals surface area contributed by atoms with Crippen molar-refractivity contribution in [3.8, 4) is 44.6 Å². The molecule has 1 saturated carbocycles. The Kier molecular flexibility index (Phi) is 18.5. The van der Waals surface area contributed by atoms with Crippen molar-refractivity contribution in [3.05, 3.63) is 112 Å². The number of thiazole rings is 1. The highest BCUT2D eigenvalue weighted by atomic mass is 32.1. The second-order valence-corrected chi connectivity index (χ2v) is 27.7. The topological polar surface area (TPSA) is 276 Å². The van der Waals surface area contributed by atoms with Crippen molar-refractivity contribution in [1.82, 2.24) is 54.8 Å². The van der Waals surface area contributed by atoms with Crippen LogP contribution in [0.3, 0.4) is 0 Å². The van der Waals surface area contributed by atoms with E-state index in [0.717, 1.165) is 64.8 Å². The number of nitrogens with zero attached hydrogens (tertiary/aromatic N) is 10. The molecule has 23 nitrogen and oxygen atoms in total. The summed E-state index contributed by atoms with van der Waals surface area (Å²) in [4.78, 5) is 60.8. The summed E-state index contributed by atoms with van der Waals surface area (Å²) in [5.74, 6) is -0.851. The number of aryl methyl sites for hydroxylation is 1. The number of likely N-dealkylation sites (tertiary alicyclic amines) is 2. The highest BCUT2D eigenvalue weighted by Crippen LogP contribution is 2.53. The van der Waals surface area contributed by atoms with Crippen molar-refractivity contribution in [3.63, 3.8) is 0 Å². The number of fused-ring (bicyclic) bond motifs is 2. The van der Waals surface area contributed by atoms with Gasteiger partial charge >= 0.3 is 12.1 Å². The summed E-state index contributed by atoms with van der Waals surface area (Å²) in [6.07, 6.45) is 5.92. The number of carbonyl (C=O) groups is 3. The van der Waals surface area contributed by atoms with Crippen LogP contribution < -0.4 is 20.1 Å². The van der Waals surface area contributed by atoms with Crippen molar-refractivity contribution >= 4 is 56.9 Å². The first-order chi connectivity index (χ1) is 45.3. The second-order valence-electron chi connectivity index (χ2n) is 26.8. The van der Waals surface area contributed by atoms with Gasteiger partial charge in [-0.3, -0.25) is 9.59 Å². The van der Waals surface area contributed by atoms with Crippen LogP contribution in [0.15, 0.2) is 78.6 Å². The van der Waals surface area contributed by atoms with Gasteiger partial charge in [0.15, 0.2) is 12.0 Å². The van der Waals surface area contributed by atoms with Crippen LogP contribution >= 0.6 is 11.3 Å². The molecular weight excluding hydrogens is 1220 g/mol. The Labute approximate surface area is 547 Å². The first kappa shape index (κ1) is 64.5. The highest BCUT2D eigenvalue weighted by Gasteiger charge is 2.44. The third kappa shape index (κ3) is 13.4. The van der Waals surface area contributed by atoms with Gasteiger partial charge in [0.05, 0.1) is 84.6 Å². The molecule has 0 bridgehead atoms. The van der Waals surface area contributed by atoms with Crippen LogP contribution in [0.2, 0.25) is 0 Å². The lowest BCUT2D eigenvalue weighted by molar-refractivity contribution is -0.142. The Hall–Kier alpha value is -8.20. The van der Waals surface area contributed by atoms with Crippen molar-refractivity contribution in [1.29, 1.82) is 0 Å². The highest BCUT2D eigenvalue weighted by molar-refractivity contribution is 7.13. The molecule has 13 rings (SSSR count). The van der Waals surface area contributed by atoms with E-state index in [-0.39, 0.29) is 69.4 Å². The van der Waals surface area contributed by atoms with E-state index in [4.69, 9.17) is 38.8 Å². The summed E-state index contributed by atoms with van der Waals surface area (Å²) in [6, 6.07) is 15.5. The number of rotatable bonds is 19. The molecule has 0 radical (unpaired) electrons. The van der Waals surface area contributed by atoms with Crippen molar-refractivity contribution < 1.29 is 57.8 Å². The number of ether oxygens (including phenoxy) is 5. The van der Waals surface area contributed by atoms with E-state index < -0.39 is 65.7 Å². The monoisotopic (exact) mass is 1300 g/mol. The molecule has 3 amide bonds. The van der Waals surface area contributed by atoms with Crippen LogP contribution in [0, 0.1) is 25.6 Å². The Balaban J connectivity index is 0.817. The standard InChI is InChI=1S/C69H81FN12O11S/c1-37(2)61(66(87)80-30-45(84)26-55(80)65(86)74-53(34-83)43-17-19-44(20-18-43)63-39(4)71-36-94-63)81-32-51(77-78-81)42-13-11-40(12-14-42)35-91-62-59(58-38(3)50(70)28-54-49(58)29-72-82(54)57-10-8-9-23-90-57)47(41-15-16-41)27-48-60(62)75-67(92-46-21-24-89-25-22-46)76-64(48)73-52-31-79(33-56(52)85)68(88)93-69(5,6)7/h11-14,17-20,27-29,32,36-37,41,45-46,52-53,55-57,61,83-85H,8-10,15-16,21-26,30-31,33-35H2,1-7H3,(H,74,86)(H,73,75,76)/t45-,52-,53+,55+,56+,57?,61+/m1/s1. The maximum Gasteiger partial charge on any atom is 0.410 e. The number of anilines is 1. The average Bonchev–Trinajstić information content (AvgIpc) is 1.38. The molecule has 7 atom stereocenters. The average molecular weight is 1310 g/mol. The number of halogens is 1. The molecule has 25 heteroatoms. The van der Waals surface area contributed by atoms with E-state index in [1.807, 2.05) is 69.3 Å². The van der Waals surface area contributed by atoms with Gasteiger partial charge in [0.25, 0.3) is 0 Å². The van der Waals surface area contributed by atoms with Gasteiger partial charge in [-0.25, -0.2) is 23.5 Å². The molecule has 94 heavy (non-hydrogen) atoms. The minimum absolute atomic E-state index is 0.0175. The number of amides is 3. The Morgan fingerprint density at radius 3 is 2.35 bits per heavy atom. The number of β-amino-alcohol motifs (C(OH)–C–C–N with tert-alkyl or cyclic N) is 2. The van der Waals surface area contributed by atoms with Crippen molar-refractivity contribution in [2.75, 3.05) is 51.4 Å². The molecule has 1 aliphatic carbocycles. The normalized spacial score (nSPS) is 21.1. The minimum Gasteiger partial charge on any atom is -0.486 e. The lowest BCUT2D eigenvalue weighted by Gasteiger charge is -2.30. The summed E-state index contributed by atoms with van der Waals surface area (Å²) in [5, 5.41) is 54.7. The molecule has 4 aromatic heterocycles. The van der Waals surface area contributed by atoms with Gasteiger partial charge in [0.2, 0.25) is 11.8 Å². The molecule has 1 unspecified atom stereocenters. The molecule has 5 N–H and O–H groups in total. The fraction of sp³-hybridized carbons (Fsp3) is 0.493. The Bertz CT molecular complexity index is 4080. The number of hydrogen-bond acceptors (Lipinski definition) is 19. The molecule has 8 heterocycles. The van der Waals surface area contributed by atoms with Crippen LogP contribution in [-0.4, -0.2) is 165 Å². The molecule has 5 aliphatic rings. The van der Waals surface area contributed by atoms with E-state index in [0.29, 0.717) is 94.2 Å². The third-order valence-corrected chi connectivity index (χ3v) is 19.4. The number of aliphatic hydroxyl groups is 3. The number of benzene rings is 4. The van der Waals surface area contributed by atoms with Crippen molar-refractivity contribution in [2.24, 2.45) is 5.92 Å².